The van der Waals surface area contributed by atoms with Crippen LogP contribution in [-0.2, 0) is 9.53 Å². The Balaban J connectivity index is 1.97. The highest BCUT2D eigenvalue weighted by Gasteiger charge is 2.22. The molecule has 0 spiro atoms. The monoisotopic (exact) mass is 302 g/mol. The van der Waals surface area contributed by atoms with E-state index in [1.807, 2.05) is 43.3 Å². The average Bonchev–Trinajstić information content (AvgIpc) is 3.00. The lowest BCUT2D eigenvalue weighted by Crippen LogP contribution is -2.29. The van der Waals surface area contributed by atoms with Gasteiger partial charge in [0, 0.05) is 25.8 Å². The molecule has 1 N–H and O–H groups in total. The number of likely N-dealkylation sites (N-methyl/N-ethyl adjacent to an activating group) is 1. The zero-order valence-corrected chi connectivity index (χ0v) is 13.5. The molecular formula is C18H26N2O2. The van der Waals surface area contributed by atoms with Crippen molar-refractivity contribution in [2.75, 3.05) is 33.9 Å². The second kappa shape index (κ2) is 8.71. The van der Waals surface area contributed by atoms with Gasteiger partial charge in [-0.3, -0.25) is 4.79 Å². The molecule has 0 radical (unpaired) electrons. The molecular weight excluding hydrogens is 276 g/mol. The number of hydrogen-bond acceptors (Lipinski definition) is 3. The van der Waals surface area contributed by atoms with Gasteiger partial charge in [0.2, 0.25) is 5.91 Å². The summed E-state index contributed by atoms with van der Waals surface area (Å²) in [4.78, 5) is 14.2. The van der Waals surface area contributed by atoms with Gasteiger partial charge in [-0.25, -0.2) is 0 Å². The Morgan fingerprint density at radius 2 is 2.18 bits per heavy atom. The third kappa shape index (κ3) is 5.62. The molecule has 0 bridgehead atoms. The number of benzene rings is 1. The van der Waals surface area contributed by atoms with Gasteiger partial charge in [0.25, 0.3) is 0 Å². The van der Waals surface area contributed by atoms with Crippen LogP contribution >= 0.6 is 0 Å². The maximum absolute atomic E-state index is 12.1. The molecule has 1 aromatic carbocycles. The van der Waals surface area contributed by atoms with E-state index >= 15 is 0 Å². The quantitative estimate of drug-likeness (QED) is 0.786. The minimum atomic E-state index is -0.0328. The molecule has 1 aliphatic rings. The summed E-state index contributed by atoms with van der Waals surface area (Å²) in [7, 11) is 3.96. The van der Waals surface area contributed by atoms with Crippen molar-refractivity contribution in [1.29, 1.82) is 0 Å². The second-order valence-corrected chi connectivity index (χ2v) is 6.10. The Morgan fingerprint density at radius 1 is 1.41 bits per heavy atom. The fraction of sp³-hybridized carbons (Fsp3) is 0.500. The number of nitrogens with one attached hydrogen (secondary N) is 1. The second-order valence-electron chi connectivity index (χ2n) is 6.10. The lowest BCUT2D eigenvalue weighted by atomic mass is 9.94. The molecule has 4 nitrogen and oxygen atoms in total. The third-order valence-electron chi connectivity index (χ3n) is 3.85. The normalized spacial score (nSPS) is 19.7. The van der Waals surface area contributed by atoms with Crippen molar-refractivity contribution in [2.24, 2.45) is 5.92 Å². The molecule has 1 amide bonds. The van der Waals surface area contributed by atoms with Crippen molar-refractivity contribution in [1.82, 2.24) is 10.2 Å². The first-order valence-electron chi connectivity index (χ1n) is 7.89. The number of ether oxygens (including phenoxy) is 1. The van der Waals surface area contributed by atoms with E-state index in [0.29, 0.717) is 5.92 Å². The largest absolute Gasteiger partial charge is 0.381 e. The van der Waals surface area contributed by atoms with Gasteiger partial charge in [-0.1, -0.05) is 36.4 Å². The molecule has 1 aromatic rings. The Labute approximate surface area is 133 Å². The van der Waals surface area contributed by atoms with Gasteiger partial charge in [-0.05, 0) is 38.4 Å². The van der Waals surface area contributed by atoms with Crippen molar-refractivity contribution < 1.29 is 9.53 Å². The zero-order valence-electron chi connectivity index (χ0n) is 13.5. The topological polar surface area (TPSA) is 41.6 Å². The van der Waals surface area contributed by atoms with Crippen molar-refractivity contribution in [2.45, 2.75) is 18.9 Å². The van der Waals surface area contributed by atoms with Gasteiger partial charge in [0.15, 0.2) is 0 Å². The summed E-state index contributed by atoms with van der Waals surface area (Å²) in [6.07, 6.45) is 5.52. The van der Waals surface area contributed by atoms with E-state index in [1.54, 1.807) is 6.08 Å². The molecule has 0 saturated carbocycles. The first-order chi connectivity index (χ1) is 10.6. The molecule has 1 aliphatic heterocycles. The van der Waals surface area contributed by atoms with E-state index < -0.39 is 0 Å². The van der Waals surface area contributed by atoms with Crippen LogP contribution in [0.15, 0.2) is 42.5 Å². The first kappa shape index (κ1) is 16.7. The maximum atomic E-state index is 12.1. The predicted molar refractivity (Wildman–Crippen MR) is 88.6 cm³/mol. The smallest absolute Gasteiger partial charge is 0.244 e. The van der Waals surface area contributed by atoms with E-state index in [0.717, 1.165) is 38.2 Å². The standard InChI is InChI=1S/C18H26N2O2/c1-20(2)11-6-9-18(21)19-17(13-15-10-12-22-14-15)16-7-4-3-5-8-16/h3-9,15,17H,10-14H2,1-2H3,(H,19,21)/b9-6+. The van der Waals surface area contributed by atoms with Gasteiger partial charge in [0.1, 0.15) is 0 Å². The van der Waals surface area contributed by atoms with Crippen LogP contribution in [0.25, 0.3) is 0 Å². The van der Waals surface area contributed by atoms with Crippen LogP contribution in [0.3, 0.4) is 0 Å². The van der Waals surface area contributed by atoms with E-state index in [1.165, 1.54) is 0 Å². The highest BCUT2D eigenvalue weighted by molar-refractivity contribution is 5.87. The van der Waals surface area contributed by atoms with E-state index in [4.69, 9.17) is 4.74 Å². The number of nitrogens with zero attached hydrogens (tertiary/aromatic N) is 1. The van der Waals surface area contributed by atoms with Crippen molar-refractivity contribution >= 4 is 5.91 Å². The van der Waals surface area contributed by atoms with Gasteiger partial charge in [0.05, 0.1) is 6.04 Å². The van der Waals surface area contributed by atoms with Gasteiger partial charge in [-0.2, -0.15) is 0 Å². The molecule has 4 heteroatoms. The molecule has 2 unspecified atom stereocenters. The molecule has 0 aliphatic carbocycles. The van der Waals surface area contributed by atoms with Crippen LogP contribution in [0.1, 0.15) is 24.4 Å². The number of carbonyl (C=O) groups excluding carboxylic acids is 1. The highest BCUT2D eigenvalue weighted by Crippen LogP contribution is 2.26. The van der Waals surface area contributed by atoms with Crippen molar-refractivity contribution in [3.8, 4) is 0 Å². The molecule has 22 heavy (non-hydrogen) atoms. The van der Waals surface area contributed by atoms with Gasteiger partial charge >= 0.3 is 0 Å². The van der Waals surface area contributed by atoms with Crippen molar-refractivity contribution in [3.63, 3.8) is 0 Å². The molecule has 1 heterocycles. The summed E-state index contributed by atoms with van der Waals surface area (Å²) in [6, 6.07) is 10.2. The van der Waals surface area contributed by atoms with Crippen LogP contribution in [0.2, 0.25) is 0 Å². The van der Waals surface area contributed by atoms with E-state index in [2.05, 4.69) is 17.4 Å². The summed E-state index contributed by atoms with van der Waals surface area (Å²) < 4.78 is 5.46. The number of amides is 1. The summed E-state index contributed by atoms with van der Waals surface area (Å²) in [5.74, 6) is 0.492. The maximum Gasteiger partial charge on any atom is 0.244 e. The number of hydrogen-bond donors (Lipinski definition) is 1. The molecule has 1 saturated heterocycles. The summed E-state index contributed by atoms with van der Waals surface area (Å²) >= 11 is 0. The van der Waals surface area contributed by atoms with Gasteiger partial charge in [-0.15, -0.1) is 0 Å². The Bertz CT molecular complexity index is 479. The minimum absolute atomic E-state index is 0.0328. The summed E-state index contributed by atoms with van der Waals surface area (Å²) in [6.45, 7) is 2.40. The van der Waals surface area contributed by atoms with E-state index in [9.17, 15) is 4.79 Å². The Hall–Kier alpha value is -1.65. The molecule has 0 aromatic heterocycles. The SMILES string of the molecule is CN(C)C/C=C/C(=O)NC(CC1CCOC1)c1ccccc1. The predicted octanol–water partition coefficient (Wildman–Crippen LogP) is 2.39. The lowest BCUT2D eigenvalue weighted by Gasteiger charge is -2.21. The van der Waals surface area contributed by atoms with Crippen LogP contribution in [0, 0.1) is 5.92 Å². The molecule has 120 valence electrons. The van der Waals surface area contributed by atoms with Crippen molar-refractivity contribution in [3.05, 3.63) is 48.0 Å². The van der Waals surface area contributed by atoms with Crippen LogP contribution in [0.4, 0.5) is 0 Å². The first-order valence-corrected chi connectivity index (χ1v) is 7.89. The number of rotatable bonds is 7. The summed E-state index contributed by atoms with van der Waals surface area (Å²) in [5.41, 5.74) is 1.16. The van der Waals surface area contributed by atoms with Gasteiger partial charge < -0.3 is 15.0 Å². The molecule has 2 atom stereocenters. The minimum Gasteiger partial charge on any atom is -0.381 e. The Morgan fingerprint density at radius 3 is 2.82 bits per heavy atom. The van der Waals surface area contributed by atoms with E-state index in [-0.39, 0.29) is 11.9 Å². The van der Waals surface area contributed by atoms with Crippen LogP contribution < -0.4 is 5.32 Å². The fourth-order valence-corrected chi connectivity index (χ4v) is 2.66. The molecule has 1 fully saturated rings. The zero-order chi connectivity index (χ0) is 15.8. The third-order valence-corrected chi connectivity index (χ3v) is 3.85. The van der Waals surface area contributed by atoms with Crippen LogP contribution in [-0.4, -0.2) is 44.7 Å². The average molecular weight is 302 g/mol. The summed E-state index contributed by atoms with van der Waals surface area (Å²) in [5, 5.41) is 3.13. The molecule has 2 rings (SSSR count). The van der Waals surface area contributed by atoms with Crippen LogP contribution in [0.5, 0.6) is 0 Å². The Kier molecular flexibility index (Phi) is 6.62. The highest BCUT2D eigenvalue weighted by atomic mass is 16.5. The lowest BCUT2D eigenvalue weighted by molar-refractivity contribution is -0.117. The fourth-order valence-electron chi connectivity index (χ4n) is 2.66. The number of carbonyl (C=O) groups is 1.